The highest BCUT2D eigenvalue weighted by Crippen LogP contribution is 2.15. The van der Waals surface area contributed by atoms with Crippen LogP contribution in [0.3, 0.4) is 0 Å². The molecular weight excluding hydrogens is 365 g/mol. The van der Waals surface area contributed by atoms with Crippen molar-refractivity contribution >= 4 is 17.8 Å². The molecule has 8 heteroatoms. The number of carbonyl (C=O) groups is 3. The molecule has 0 radical (unpaired) electrons. The Labute approximate surface area is 164 Å². The van der Waals surface area contributed by atoms with Gasteiger partial charge in [0, 0.05) is 0 Å². The van der Waals surface area contributed by atoms with Crippen molar-refractivity contribution in [2.24, 2.45) is 11.8 Å². The highest BCUT2D eigenvalue weighted by molar-refractivity contribution is 5.97. The van der Waals surface area contributed by atoms with Crippen LogP contribution in [0.15, 0.2) is 24.3 Å². The molecule has 1 aromatic carbocycles. The molecule has 0 aliphatic rings. The third kappa shape index (κ3) is 6.05. The molecule has 1 rings (SSSR count). The minimum atomic E-state index is -1.10. The van der Waals surface area contributed by atoms with Crippen LogP contribution in [-0.2, 0) is 14.3 Å². The second kappa shape index (κ2) is 9.83. The van der Waals surface area contributed by atoms with Crippen molar-refractivity contribution in [1.29, 1.82) is 5.26 Å². The summed E-state index contributed by atoms with van der Waals surface area (Å²) in [5.74, 6) is -3.42. The maximum atomic E-state index is 13.7. The van der Waals surface area contributed by atoms with Gasteiger partial charge in [-0.3, -0.25) is 9.59 Å². The predicted molar refractivity (Wildman–Crippen MR) is 100 cm³/mol. The van der Waals surface area contributed by atoms with E-state index in [2.05, 4.69) is 10.6 Å². The first kappa shape index (κ1) is 23.1. The Balaban J connectivity index is 2.73. The van der Waals surface area contributed by atoms with Crippen LogP contribution in [0.1, 0.15) is 45.0 Å². The van der Waals surface area contributed by atoms with E-state index in [1.54, 1.807) is 34.6 Å². The summed E-state index contributed by atoms with van der Waals surface area (Å²) in [6.45, 7) is 7.90. The SMILES string of the molecule is CC(C)[C@H](NC(=O)c1ccccc1F)C(=O)OCC(=O)N[C@](C)(C#N)C(C)C. The molecule has 28 heavy (non-hydrogen) atoms. The Morgan fingerprint density at radius 1 is 1.21 bits per heavy atom. The standard InChI is InChI=1S/C20H26FN3O4/c1-12(2)17(23-18(26)14-8-6-7-9-15(14)21)19(27)28-10-16(25)24-20(5,11-22)13(3)4/h6-9,12-13,17H,10H2,1-5H3,(H,23,26)(H,24,25)/t17-,20+/m0/s1. The molecule has 2 amide bonds. The average Bonchev–Trinajstić information content (AvgIpc) is 2.63. The fourth-order valence-corrected chi connectivity index (χ4v) is 2.22. The number of hydrogen-bond acceptors (Lipinski definition) is 5. The van der Waals surface area contributed by atoms with Crippen molar-refractivity contribution in [3.8, 4) is 6.07 Å². The normalized spacial score (nSPS) is 14.0. The Hall–Kier alpha value is -2.95. The lowest BCUT2D eigenvalue weighted by Gasteiger charge is -2.27. The minimum absolute atomic E-state index is 0.152. The number of esters is 1. The number of rotatable bonds is 8. The van der Waals surface area contributed by atoms with Crippen molar-refractivity contribution in [2.75, 3.05) is 6.61 Å². The maximum Gasteiger partial charge on any atom is 0.329 e. The van der Waals surface area contributed by atoms with Gasteiger partial charge in [-0.1, -0.05) is 39.8 Å². The highest BCUT2D eigenvalue weighted by atomic mass is 19.1. The molecule has 0 aliphatic heterocycles. The van der Waals surface area contributed by atoms with Crippen molar-refractivity contribution in [1.82, 2.24) is 10.6 Å². The van der Waals surface area contributed by atoms with Gasteiger partial charge >= 0.3 is 5.97 Å². The summed E-state index contributed by atoms with van der Waals surface area (Å²) in [6, 6.07) is 6.36. The summed E-state index contributed by atoms with van der Waals surface area (Å²) in [7, 11) is 0. The van der Waals surface area contributed by atoms with Gasteiger partial charge < -0.3 is 15.4 Å². The number of nitriles is 1. The van der Waals surface area contributed by atoms with E-state index in [0.29, 0.717) is 0 Å². The van der Waals surface area contributed by atoms with E-state index in [9.17, 15) is 24.0 Å². The number of nitrogens with one attached hydrogen (secondary N) is 2. The molecule has 0 spiro atoms. The van der Waals surface area contributed by atoms with Gasteiger partial charge in [0.1, 0.15) is 17.4 Å². The summed E-state index contributed by atoms with van der Waals surface area (Å²) in [6.07, 6.45) is 0. The second-order valence-corrected chi connectivity index (χ2v) is 7.30. The molecule has 0 saturated carbocycles. The van der Waals surface area contributed by atoms with E-state index >= 15 is 0 Å². The molecule has 152 valence electrons. The predicted octanol–water partition coefficient (Wildman–Crippen LogP) is 2.18. The van der Waals surface area contributed by atoms with E-state index < -0.39 is 41.8 Å². The molecule has 0 bridgehead atoms. The average molecular weight is 391 g/mol. The van der Waals surface area contributed by atoms with Crippen molar-refractivity contribution in [2.45, 2.75) is 46.2 Å². The molecule has 0 fully saturated rings. The Morgan fingerprint density at radius 3 is 2.32 bits per heavy atom. The number of ether oxygens (including phenoxy) is 1. The zero-order chi connectivity index (χ0) is 21.5. The van der Waals surface area contributed by atoms with Crippen LogP contribution in [0.4, 0.5) is 4.39 Å². The molecule has 0 unspecified atom stereocenters. The van der Waals surface area contributed by atoms with Crippen LogP contribution >= 0.6 is 0 Å². The number of amides is 2. The van der Waals surface area contributed by atoms with Gasteiger partial charge in [-0.15, -0.1) is 0 Å². The lowest BCUT2D eigenvalue weighted by atomic mass is 9.90. The van der Waals surface area contributed by atoms with Gasteiger partial charge in [0.25, 0.3) is 11.8 Å². The van der Waals surface area contributed by atoms with Crippen LogP contribution in [0.2, 0.25) is 0 Å². The second-order valence-electron chi connectivity index (χ2n) is 7.30. The van der Waals surface area contributed by atoms with Crippen LogP contribution in [0, 0.1) is 29.0 Å². The van der Waals surface area contributed by atoms with Gasteiger partial charge in [-0.2, -0.15) is 5.26 Å². The number of benzene rings is 1. The first-order valence-corrected chi connectivity index (χ1v) is 8.96. The number of halogens is 1. The Morgan fingerprint density at radius 2 is 1.82 bits per heavy atom. The van der Waals surface area contributed by atoms with Gasteiger partial charge in [0.05, 0.1) is 11.6 Å². The first-order valence-electron chi connectivity index (χ1n) is 8.96. The summed E-state index contributed by atoms with van der Waals surface area (Å²) >= 11 is 0. The number of hydrogen-bond donors (Lipinski definition) is 2. The van der Waals surface area contributed by atoms with Crippen molar-refractivity contribution in [3.63, 3.8) is 0 Å². The number of carbonyl (C=O) groups excluding carboxylic acids is 3. The van der Waals surface area contributed by atoms with E-state index in [1.165, 1.54) is 18.2 Å². The lowest BCUT2D eigenvalue weighted by Crippen LogP contribution is -2.51. The molecule has 0 aliphatic carbocycles. The molecule has 2 N–H and O–H groups in total. The summed E-state index contributed by atoms with van der Waals surface area (Å²) < 4.78 is 18.7. The molecule has 7 nitrogen and oxygen atoms in total. The van der Waals surface area contributed by atoms with E-state index in [0.717, 1.165) is 6.07 Å². The summed E-state index contributed by atoms with van der Waals surface area (Å²) in [5.41, 5.74) is -1.29. The fraction of sp³-hybridized carbons (Fsp3) is 0.500. The number of nitrogens with zero attached hydrogens (tertiary/aromatic N) is 1. The Bertz CT molecular complexity index is 773. The third-order valence-corrected chi connectivity index (χ3v) is 4.46. The van der Waals surface area contributed by atoms with Crippen LogP contribution in [0.5, 0.6) is 0 Å². The van der Waals surface area contributed by atoms with Gasteiger partial charge in [0.15, 0.2) is 6.61 Å². The van der Waals surface area contributed by atoms with Gasteiger partial charge in [-0.25, -0.2) is 9.18 Å². The highest BCUT2D eigenvalue weighted by Gasteiger charge is 2.31. The molecule has 0 aromatic heterocycles. The quantitative estimate of drug-likeness (QED) is 0.660. The van der Waals surface area contributed by atoms with Crippen LogP contribution in [0.25, 0.3) is 0 Å². The van der Waals surface area contributed by atoms with E-state index in [1.807, 2.05) is 6.07 Å². The van der Waals surface area contributed by atoms with Crippen LogP contribution in [-0.4, -0.2) is 36.0 Å². The lowest BCUT2D eigenvalue weighted by molar-refractivity contribution is -0.151. The molecule has 0 heterocycles. The molecular formula is C20H26FN3O4. The largest absolute Gasteiger partial charge is 0.454 e. The van der Waals surface area contributed by atoms with Gasteiger partial charge in [0.2, 0.25) is 0 Å². The first-order chi connectivity index (χ1) is 13.0. The van der Waals surface area contributed by atoms with E-state index in [4.69, 9.17) is 4.74 Å². The smallest absolute Gasteiger partial charge is 0.329 e. The van der Waals surface area contributed by atoms with Crippen LogP contribution < -0.4 is 10.6 Å². The summed E-state index contributed by atoms with van der Waals surface area (Å²) in [4.78, 5) is 36.6. The van der Waals surface area contributed by atoms with Crippen molar-refractivity contribution < 1.29 is 23.5 Å². The molecule has 1 aromatic rings. The third-order valence-electron chi connectivity index (χ3n) is 4.46. The monoisotopic (exact) mass is 391 g/mol. The Kier molecular flexibility index (Phi) is 8.11. The minimum Gasteiger partial charge on any atom is -0.454 e. The van der Waals surface area contributed by atoms with E-state index in [-0.39, 0.29) is 17.4 Å². The van der Waals surface area contributed by atoms with Gasteiger partial charge in [-0.05, 0) is 30.9 Å². The molecule has 2 atom stereocenters. The topological polar surface area (TPSA) is 108 Å². The zero-order valence-corrected chi connectivity index (χ0v) is 16.7. The summed E-state index contributed by atoms with van der Waals surface area (Å²) in [5, 5.41) is 14.2. The zero-order valence-electron chi connectivity index (χ0n) is 16.7. The maximum absolute atomic E-state index is 13.7. The molecule has 0 saturated heterocycles. The fourth-order valence-electron chi connectivity index (χ4n) is 2.22. The van der Waals surface area contributed by atoms with Crippen molar-refractivity contribution in [3.05, 3.63) is 35.6 Å².